The third-order valence-electron chi connectivity index (χ3n) is 3.93. The van der Waals surface area contributed by atoms with Crippen molar-refractivity contribution in [2.75, 3.05) is 11.1 Å². The van der Waals surface area contributed by atoms with Gasteiger partial charge >= 0.3 is 0 Å². The van der Waals surface area contributed by atoms with Gasteiger partial charge < -0.3 is 5.32 Å². The molecule has 0 spiro atoms. The lowest BCUT2D eigenvalue weighted by molar-refractivity contribution is 0.101. The molecule has 3 aromatic rings. The smallest absolute Gasteiger partial charge is 0.255 e. The van der Waals surface area contributed by atoms with Crippen LogP contribution >= 0.6 is 23.4 Å². The van der Waals surface area contributed by atoms with Gasteiger partial charge in [-0.3, -0.25) is 9.59 Å². The summed E-state index contributed by atoms with van der Waals surface area (Å²) in [7, 11) is 0. The topological polar surface area (TPSA) is 46.2 Å². The van der Waals surface area contributed by atoms with E-state index in [9.17, 15) is 9.59 Å². The second-order valence-electron chi connectivity index (χ2n) is 6.07. The van der Waals surface area contributed by atoms with Crippen LogP contribution in [0.15, 0.2) is 77.7 Å². The van der Waals surface area contributed by atoms with Gasteiger partial charge in [-0.05, 0) is 67.6 Å². The molecule has 3 aromatic carbocycles. The van der Waals surface area contributed by atoms with Crippen LogP contribution in [0.3, 0.4) is 0 Å². The fourth-order valence-electron chi connectivity index (χ4n) is 2.49. The number of rotatable bonds is 6. The van der Waals surface area contributed by atoms with E-state index < -0.39 is 0 Å². The molecule has 3 rings (SSSR count). The van der Waals surface area contributed by atoms with E-state index in [4.69, 9.17) is 11.6 Å². The molecule has 0 atom stereocenters. The Morgan fingerprint density at radius 3 is 2.30 bits per heavy atom. The van der Waals surface area contributed by atoms with Crippen molar-refractivity contribution in [3.05, 3.63) is 94.5 Å². The van der Waals surface area contributed by atoms with E-state index in [2.05, 4.69) is 5.32 Å². The monoisotopic (exact) mass is 395 g/mol. The van der Waals surface area contributed by atoms with Gasteiger partial charge in [0, 0.05) is 26.7 Å². The van der Waals surface area contributed by atoms with Gasteiger partial charge in [-0.2, -0.15) is 0 Å². The Balaban J connectivity index is 1.56. The molecule has 0 aliphatic rings. The normalized spacial score (nSPS) is 10.4. The van der Waals surface area contributed by atoms with E-state index in [1.54, 1.807) is 30.3 Å². The maximum Gasteiger partial charge on any atom is 0.255 e. The van der Waals surface area contributed by atoms with Gasteiger partial charge in [-0.15, -0.1) is 11.8 Å². The fourth-order valence-corrected chi connectivity index (χ4v) is 3.41. The second-order valence-corrected chi connectivity index (χ2v) is 7.55. The summed E-state index contributed by atoms with van der Waals surface area (Å²) in [5.74, 6) is 0.252. The molecule has 1 amide bonds. The van der Waals surface area contributed by atoms with Crippen molar-refractivity contribution in [2.24, 2.45) is 0 Å². The summed E-state index contributed by atoms with van der Waals surface area (Å²) < 4.78 is 0. The number of hydrogen-bond donors (Lipinski definition) is 1. The first-order chi connectivity index (χ1) is 13.0. The molecule has 1 N–H and O–H groups in total. The Bertz CT molecular complexity index is 953. The minimum atomic E-state index is -0.142. The Labute approximate surface area is 167 Å². The molecule has 0 aliphatic heterocycles. The van der Waals surface area contributed by atoms with Crippen molar-refractivity contribution in [1.82, 2.24) is 0 Å². The molecule has 0 unspecified atom stereocenters. The van der Waals surface area contributed by atoms with E-state index in [0.29, 0.717) is 21.9 Å². The third-order valence-corrected chi connectivity index (χ3v) is 5.19. The van der Waals surface area contributed by atoms with E-state index in [1.165, 1.54) is 11.8 Å². The highest BCUT2D eigenvalue weighted by molar-refractivity contribution is 8.00. The van der Waals surface area contributed by atoms with Crippen LogP contribution in [0.5, 0.6) is 0 Å². The number of anilines is 1. The quantitative estimate of drug-likeness (QED) is 0.419. The number of amides is 1. The lowest BCUT2D eigenvalue weighted by atomic mass is 10.1. The van der Waals surface area contributed by atoms with Gasteiger partial charge in [0.2, 0.25) is 0 Å². The fraction of sp³-hybridized carbons (Fsp3) is 0.0909. The molecule has 0 aromatic heterocycles. The van der Waals surface area contributed by atoms with Gasteiger partial charge in [-0.25, -0.2) is 0 Å². The molecule has 0 heterocycles. The number of halogens is 1. The van der Waals surface area contributed by atoms with Crippen LogP contribution in [0.4, 0.5) is 5.69 Å². The summed E-state index contributed by atoms with van der Waals surface area (Å²) >= 11 is 7.30. The average Bonchev–Trinajstić information content (AvgIpc) is 2.68. The molecule has 5 heteroatoms. The Morgan fingerprint density at radius 1 is 0.926 bits per heavy atom. The largest absolute Gasteiger partial charge is 0.322 e. The summed E-state index contributed by atoms with van der Waals surface area (Å²) in [6.07, 6.45) is 0. The van der Waals surface area contributed by atoms with Gasteiger partial charge in [0.15, 0.2) is 5.78 Å². The van der Waals surface area contributed by atoms with Crippen LogP contribution < -0.4 is 5.32 Å². The molecular formula is C22H18ClNO2S. The number of thioether (sulfide) groups is 1. The van der Waals surface area contributed by atoms with Crippen LogP contribution in [0.25, 0.3) is 0 Å². The molecule has 136 valence electrons. The predicted octanol–water partition coefficient (Wildman–Crippen LogP) is 5.88. The minimum absolute atomic E-state index is 0.0495. The summed E-state index contributed by atoms with van der Waals surface area (Å²) in [5.41, 5.74) is 3.03. The van der Waals surface area contributed by atoms with Gasteiger partial charge in [0.25, 0.3) is 5.91 Å². The maximum atomic E-state index is 12.3. The first-order valence-electron chi connectivity index (χ1n) is 8.41. The molecule has 0 bridgehead atoms. The number of aryl methyl sites for hydroxylation is 1. The van der Waals surface area contributed by atoms with E-state index in [1.807, 2.05) is 49.4 Å². The highest BCUT2D eigenvalue weighted by atomic mass is 35.5. The predicted molar refractivity (Wildman–Crippen MR) is 112 cm³/mol. The number of hydrogen-bond acceptors (Lipinski definition) is 3. The first kappa shape index (κ1) is 19.2. The Kier molecular flexibility index (Phi) is 6.32. The van der Waals surface area contributed by atoms with Crippen molar-refractivity contribution in [3.8, 4) is 0 Å². The SMILES string of the molecule is Cc1cccc(C(=O)Nc2ccc(SCC(=O)c3ccc(Cl)cc3)cc2)c1. The summed E-state index contributed by atoms with van der Waals surface area (Å²) in [4.78, 5) is 25.4. The molecule has 0 saturated heterocycles. The number of carbonyl (C=O) groups excluding carboxylic acids is 2. The Hall–Kier alpha value is -2.56. The van der Waals surface area contributed by atoms with Crippen molar-refractivity contribution in [2.45, 2.75) is 11.8 Å². The zero-order valence-corrected chi connectivity index (χ0v) is 16.3. The summed E-state index contributed by atoms with van der Waals surface area (Å²) in [6, 6.07) is 21.8. The van der Waals surface area contributed by atoms with Crippen molar-refractivity contribution in [3.63, 3.8) is 0 Å². The molecule has 3 nitrogen and oxygen atoms in total. The lowest BCUT2D eigenvalue weighted by Crippen LogP contribution is -2.11. The van der Waals surface area contributed by atoms with Crippen LogP contribution in [-0.4, -0.2) is 17.4 Å². The standard InChI is InChI=1S/C22H18ClNO2S/c1-15-3-2-4-17(13-15)22(26)24-19-9-11-20(12-10-19)27-14-21(25)16-5-7-18(23)8-6-16/h2-13H,14H2,1H3,(H,24,26). The zero-order valence-electron chi connectivity index (χ0n) is 14.7. The molecule has 0 aliphatic carbocycles. The average molecular weight is 396 g/mol. The van der Waals surface area contributed by atoms with Crippen LogP contribution in [0.1, 0.15) is 26.3 Å². The summed E-state index contributed by atoms with van der Waals surface area (Å²) in [5, 5.41) is 3.49. The highest BCUT2D eigenvalue weighted by Crippen LogP contribution is 2.22. The van der Waals surface area contributed by atoms with Crippen LogP contribution in [0.2, 0.25) is 5.02 Å². The number of carbonyl (C=O) groups is 2. The van der Waals surface area contributed by atoms with Crippen molar-refractivity contribution in [1.29, 1.82) is 0 Å². The highest BCUT2D eigenvalue weighted by Gasteiger charge is 2.08. The van der Waals surface area contributed by atoms with E-state index in [0.717, 1.165) is 16.1 Å². The van der Waals surface area contributed by atoms with Gasteiger partial charge in [0.05, 0.1) is 5.75 Å². The van der Waals surface area contributed by atoms with E-state index >= 15 is 0 Å². The number of ketones is 1. The van der Waals surface area contributed by atoms with E-state index in [-0.39, 0.29) is 11.7 Å². The number of nitrogens with one attached hydrogen (secondary N) is 1. The van der Waals surface area contributed by atoms with Gasteiger partial charge in [0.1, 0.15) is 0 Å². The van der Waals surface area contributed by atoms with Gasteiger partial charge in [-0.1, -0.05) is 29.3 Å². The molecule has 0 saturated carbocycles. The van der Waals surface area contributed by atoms with Crippen LogP contribution in [0, 0.1) is 6.92 Å². The van der Waals surface area contributed by atoms with Crippen molar-refractivity contribution < 1.29 is 9.59 Å². The third kappa shape index (κ3) is 5.46. The molecule has 0 radical (unpaired) electrons. The first-order valence-corrected chi connectivity index (χ1v) is 9.77. The second kappa shape index (κ2) is 8.89. The zero-order chi connectivity index (χ0) is 19.2. The Morgan fingerprint density at radius 2 is 1.63 bits per heavy atom. The molecule has 27 heavy (non-hydrogen) atoms. The van der Waals surface area contributed by atoms with Crippen molar-refractivity contribution >= 4 is 40.7 Å². The maximum absolute atomic E-state index is 12.3. The molecular weight excluding hydrogens is 378 g/mol. The van der Waals surface area contributed by atoms with Crippen LogP contribution in [-0.2, 0) is 0 Å². The number of Topliss-reactive ketones (excluding diaryl/α,β-unsaturated/α-hetero) is 1. The lowest BCUT2D eigenvalue weighted by Gasteiger charge is -2.07. The minimum Gasteiger partial charge on any atom is -0.322 e. The molecule has 0 fully saturated rings. The number of benzene rings is 3. The summed E-state index contributed by atoms with van der Waals surface area (Å²) in [6.45, 7) is 1.95.